The van der Waals surface area contributed by atoms with Gasteiger partial charge < -0.3 is 9.64 Å². The number of benzene rings is 1. The van der Waals surface area contributed by atoms with Gasteiger partial charge in [-0.15, -0.1) is 11.3 Å². The minimum Gasteiger partial charge on any atom is -0.376 e. The molecule has 2 aromatic rings. The number of rotatable bonds is 8. The summed E-state index contributed by atoms with van der Waals surface area (Å²) in [6.07, 6.45) is 3.05. The highest BCUT2D eigenvalue weighted by molar-refractivity contribution is 7.92. The van der Waals surface area contributed by atoms with Crippen LogP contribution in [0.25, 0.3) is 0 Å². The molecule has 0 bridgehead atoms. The topological polar surface area (TPSA) is 66.9 Å². The second kappa shape index (κ2) is 9.07. The number of hydrogen-bond acceptors (Lipinski definition) is 5. The molecule has 0 N–H and O–H groups in total. The molecule has 1 atom stereocenters. The predicted molar refractivity (Wildman–Crippen MR) is 112 cm³/mol. The summed E-state index contributed by atoms with van der Waals surface area (Å²) in [7, 11) is -3.60. The Kier molecular flexibility index (Phi) is 6.74. The summed E-state index contributed by atoms with van der Waals surface area (Å²) in [6, 6.07) is 11.1. The van der Waals surface area contributed by atoms with Crippen molar-refractivity contribution in [3.05, 3.63) is 52.2 Å². The molecule has 1 aliphatic rings. The Balaban J connectivity index is 1.82. The molecular formula is C20H26N2O4S2. The number of carbonyl (C=O) groups excluding carboxylic acids is 1. The highest BCUT2D eigenvalue weighted by Crippen LogP contribution is 2.23. The Morgan fingerprint density at radius 3 is 2.64 bits per heavy atom. The normalized spacial score (nSPS) is 16.9. The first-order valence-electron chi connectivity index (χ1n) is 9.29. The summed E-state index contributed by atoms with van der Waals surface area (Å²) in [4.78, 5) is 16.0. The molecule has 0 radical (unpaired) electrons. The summed E-state index contributed by atoms with van der Waals surface area (Å²) < 4.78 is 31.8. The highest BCUT2D eigenvalue weighted by atomic mass is 32.2. The number of anilines is 1. The molecule has 6 nitrogen and oxygen atoms in total. The van der Waals surface area contributed by atoms with Crippen LogP contribution < -0.4 is 4.31 Å². The molecule has 1 fully saturated rings. The van der Waals surface area contributed by atoms with Gasteiger partial charge in [0.2, 0.25) is 15.9 Å². The van der Waals surface area contributed by atoms with E-state index in [0.717, 1.165) is 29.5 Å². The van der Waals surface area contributed by atoms with Crippen LogP contribution in [-0.2, 0) is 26.1 Å². The molecular weight excluding hydrogens is 396 g/mol. The van der Waals surface area contributed by atoms with E-state index < -0.39 is 10.0 Å². The average Bonchev–Trinajstić information content (AvgIpc) is 3.33. The largest absolute Gasteiger partial charge is 0.376 e. The van der Waals surface area contributed by atoms with Gasteiger partial charge in [-0.05, 0) is 42.8 Å². The predicted octanol–water partition coefficient (Wildman–Crippen LogP) is 3.03. The Morgan fingerprint density at radius 1 is 1.25 bits per heavy atom. The van der Waals surface area contributed by atoms with Crippen molar-refractivity contribution < 1.29 is 17.9 Å². The van der Waals surface area contributed by atoms with E-state index >= 15 is 0 Å². The molecule has 1 aliphatic heterocycles. The maximum Gasteiger partial charge on any atom is 0.243 e. The molecule has 1 aromatic heterocycles. The molecule has 0 aliphatic carbocycles. The third-order valence-corrected chi connectivity index (χ3v) is 6.78. The van der Waals surface area contributed by atoms with E-state index in [1.54, 1.807) is 28.4 Å². The quantitative estimate of drug-likeness (QED) is 0.656. The fraction of sp³-hybridized carbons (Fsp3) is 0.450. The third kappa shape index (κ3) is 5.33. The van der Waals surface area contributed by atoms with Crippen LogP contribution in [0.5, 0.6) is 0 Å². The molecule has 2 heterocycles. The van der Waals surface area contributed by atoms with Crippen LogP contribution in [0.2, 0.25) is 0 Å². The fourth-order valence-corrected chi connectivity index (χ4v) is 4.95. The number of thiophene rings is 1. The molecule has 1 saturated heterocycles. The lowest BCUT2D eigenvalue weighted by atomic mass is 10.2. The maximum absolute atomic E-state index is 13.2. The SMILES string of the molecule is Cc1ccccc1N(CC(=O)N(Cc1cccs1)CC1CCCO1)S(C)(=O)=O. The van der Waals surface area contributed by atoms with Gasteiger partial charge in [-0.2, -0.15) is 0 Å². The van der Waals surface area contributed by atoms with Gasteiger partial charge in [-0.3, -0.25) is 9.10 Å². The molecule has 0 saturated carbocycles. The molecule has 0 spiro atoms. The van der Waals surface area contributed by atoms with E-state index in [1.165, 1.54) is 4.31 Å². The van der Waals surface area contributed by atoms with Gasteiger partial charge in [-0.25, -0.2) is 8.42 Å². The van der Waals surface area contributed by atoms with E-state index in [4.69, 9.17) is 4.74 Å². The first-order chi connectivity index (χ1) is 13.3. The van der Waals surface area contributed by atoms with Crippen molar-refractivity contribution in [2.24, 2.45) is 0 Å². The van der Waals surface area contributed by atoms with Crippen molar-refractivity contribution >= 4 is 33.0 Å². The summed E-state index contributed by atoms with van der Waals surface area (Å²) in [5, 5.41) is 1.97. The molecule has 28 heavy (non-hydrogen) atoms. The molecule has 1 unspecified atom stereocenters. The first-order valence-corrected chi connectivity index (χ1v) is 12.0. The summed E-state index contributed by atoms with van der Waals surface area (Å²) in [5.41, 5.74) is 1.34. The monoisotopic (exact) mass is 422 g/mol. The van der Waals surface area contributed by atoms with E-state index in [1.807, 2.05) is 36.6 Å². The number of amides is 1. The van der Waals surface area contributed by atoms with Crippen LogP contribution in [0, 0.1) is 6.92 Å². The second-order valence-electron chi connectivity index (χ2n) is 7.04. The van der Waals surface area contributed by atoms with Crippen molar-refractivity contribution in [2.45, 2.75) is 32.4 Å². The van der Waals surface area contributed by atoms with E-state index in [-0.39, 0.29) is 18.6 Å². The zero-order valence-electron chi connectivity index (χ0n) is 16.2. The number of para-hydroxylation sites is 1. The van der Waals surface area contributed by atoms with Gasteiger partial charge in [0.05, 0.1) is 24.6 Å². The Morgan fingerprint density at radius 2 is 2.04 bits per heavy atom. The smallest absolute Gasteiger partial charge is 0.243 e. The number of hydrogen-bond donors (Lipinski definition) is 0. The lowest BCUT2D eigenvalue weighted by Gasteiger charge is -2.29. The molecule has 1 aromatic carbocycles. The zero-order chi connectivity index (χ0) is 20.1. The molecule has 8 heteroatoms. The van der Waals surface area contributed by atoms with E-state index in [0.29, 0.717) is 25.4 Å². The second-order valence-corrected chi connectivity index (χ2v) is 9.98. The lowest BCUT2D eigenvalue weighted by molar-refractivity contribution is -0.131. The summed E-state index contributed by atoms with van der Waals surface area (Å²) >= 11 is 1.58. The average molecular weight is 423 g/mol. The van der Waals surface area contributed by atoms with Crippen LogP contribution in [0.3, 0.4) is 0 Å². The minimum atomic E-state index is -3.60. The van der Waals surface area contributed by atoms with Gasteiger partial charge in [0.1, 0.15) is 6.54 Å². The van der Waals surface area contributed by atoms with Crippen LogP contribution in [-0.4, -0.2) is 51.3 Å². The van der Waals surface area contributed by atoms with Crippen molar-refractivity contribution in [1.82, 2.24) is 4.90 Å². The molecule has 1 amide bonds. The molecule has 152 valence electrons. The van der Waals surface area contributed by atoms with Gasteiger partial charge in [0, 0.05) is 18.0 Å². The van der Waals surface area contributed by atoms with Gasteiger partial charge in [-0.1, -0.05) is 24.3 Å². The standard InChI is InChI=1S/C20H26N2O4S2/c1-16-7-3-4-10-19(16)22(28(2,24)25)15-20(23)21(13-17-8-5-11-26-17)14-18-9-6-12-27-18/h3-4,6-7,9-10,12,17H,5,8,11,13-15H2,1-2H3. The van der Waals surface area contributed by atoms with E-state index in [2.05, 4.69) is 0 Å². The molecule has 3 rings (SSSR count). The van der Waals surface area contributed by atoms with Crippen molar-refractivity contribution in [3.8, 4) is 0 Å². The Labute approximate surface area is 170 Å². The third-order valence-electron chi connectivity index (χ3n) is 4.79. The van der Waals surface area contributed by atoms with Crippen LogP contribution in [0.15, 0.2) is 41.8 Å². The van der Waals surface area contributed by atoms with Crippen LogP contribution in [0.4, 0.5) is 5.69 Å². The number of carbonyl (C=O) groups is 1. The number of ether oxygens (including phenoxy) is 1. The summed E-state index contributed by atoms with van der Waals surface area (Å²) in [5.74, 6) is -0.224. The van der Waals surface area contributed by atoms with Crippen molar-refractivity contribution in [1.29, 1.82) is 0 Å². The fourth-order valence-electron chi connectivity index (χ4n) is 3.33. The van der Waals surface area contributed by atoms with Gasteiger partial charge >= 0.3 is 0 Å². The lowest BCUT2D eigenvalue weighted by Crippen LogP contribution is -2.45. The number of nitrogens with zero attached hydrogens (tertiary/aromatic N) is 2. The van der Waals surface area contributed by atoms with Crippen molar-refractivity contribution in [2.75, 3.05) is 30.3 Å². The van der Waals surface area contributed by atoms with Gasteiger partial charge in [0.15, 0.2) is 0 Å². The van der Waals surface area contributed by atoms with Crippen LogP contribution in [0.1, 0.15) is 23.3 Å². The highest BCUT2D eigenvalue weighted by Gasteiger charge is 2.28. The van der Waals surface area contributed by atoms with Crippen LogP contribution >= 0.6 is 11.3 Å². The summed E-state index contributed by atoms with van der Waals surface area (Å²) in [6.45, 7) is 3.27. The number of aryl methyl sites for hydroxylation is 1. The first kappa shape index (κ1) is 20.8. The Hall–Kier alpha value is -1.90. The minimum absolute atomic E-state index is 0.00839. The zero-order valence-corrected chi connectivity index (χ0v) is 17.8. The van der Waals surface area contributed by atoms with Crippen molar-refractivity contribution in [3.63, 3.8) is 0 Å². The Bertz CT molecular complexity index is 891. The van der Waals surface area contributed by atoms with Gasteiger partial charge in [0.25, 0.3) is 0 Å². The maximum atomic E-state index is 13.2. The number of sulfonamides is 1. The van der Waals surface area contributed by atoms with E-state index in [9.17, 15) is 13.2 Å².